The van der Waals surface area contributed by atoms with Gasteiger partial charge in [0.1, 0.15) is 5.75 Å². The molecule has 0 aliphatic heterocycles. The summed E-state index contributed by atoms with van der Waals surface area (Å²) in [6.45, 7) is 2.29. The molecule has 82 valence electrons. The lowest BCUT2D eigenvalue weighted by atomic mass is 10.1. The van der Waals surface area contributed by atoms with Gasteiger partial charge in [0.2, 0.25) is 5.91 Å². The van der Waals surface area contributed by atoms with Gasteiger partial charge >= 0.3 is 0 Å². The van der Waals surface area contributed by atoms with Gasteiger partial charge in [-0.1, -0.05) is 18.2 Å². The summed E-state index contributed by atoms with van der Waals surface area (Å²) >= 11 is 0. The molecule has 0 unspecified atom stereocenters. The largest absolute Gasteiger partial charge is 0.496 e. The Morgan fingerprint density at radius 2 is 2.07 bits per heavy atom. The van der Waals surface area contributed by atoms with Crippen LogP contribution < -0.4 is 4.74 Å². The molecule has 0 atom stereocenters. The molecule has 0 bridgehead atoms. The SMILES string of the molecule is COc1ccccc1CCN(C)C(C)=O. The van der Waals surface area contributed by atoms with Crippen LogP contribution in [0.25, 0.3) is 0 Å². The van der Waals surface area contributed by atoms with E-state index in [9.17, 15) is 4.79 Å². The maximum absolute atomic E-state index is 11.0. The molecule has 0 aliphatic carbocycles. The van der Waals surface area contributed by atoms with Crippen molar-refractivity contribution in [1.82, 2.24) is 4.90 Å². The Labute approximate surface area is 90.7 Å². The van der Waals surface area contributed by atoms with Crippen LogP contribution in [0.15, 0.2) is 24.3 Å². The van der Waals surface area contributed by atoms with Crippen molar-refractivity contribution in [3.8, 4) is 5.75 Å². The lowest BCUT2D eigenvalue weighted by molar-refractivity contribution is -0.127. The van der Waals surface area contributed by atoms with Crippen LogP contribution in [-0.2, 0) is 11.2 Å². The van der Waals surface area contributed by atoms with E-state index in [-0.39, 0.29) is 5.91 Å². The van der Waals surface area contributed by atoms with E-state index in [0.29, 0.717) is 0 Å². The third-order valence-corrected chi connectivity index (χ3v) is 2.45. The molecule has 0 aliphatic rings. The number of hydrogen-bond acceptors (Lipinski definition) is 2. The van der Waals surface area contributed by atoms with Crippen molar-refractivity contribution < 1.29 is 9.53 Å². The maximum Gasteiger partial charge on any atom is 0.219 e. The number of nitrogens with zero attached hydrogens (tertiary/aromatic N) is 1. The zero-order valence-corrected chi connectivity index (χ0v) is 9.49. The van der Waals surface area contributed by atoms with Crippen LogP contribution in [0, 0.1) is 0 Å². The fraction of sp³-hybridized carbons (Fsp3) is 0.417. The van der Waals surface area contributed by atoms with Gasteiger partial charge in [0, 0.05) is 20.5 Å². The Morgan fingerprint density at radius 3 is 2.67 bits per heavy atom. The van der Waals surface area contributed by atoms with Crippen LogP contribution in [-0.4, -0.2) is 31.5 Å². The van der Waals surface area contributed by atoms with Crippen molar-refractivity contribution in [2.24, 2.45) is 0 Å². The maximum atomic E-state index is 11.0. The Balaban J connectivity index is 2.60. The molecule has 1 amide bonds. The van der Waals surface area contributed by atoms with Crippen LogP contribution in [0.4, 0.5) is 0 Å². The van der Waals surface area contributed by atoms with Crippen molar-refractivity contribution in [1.29, 1.82) is 0 Å². The minimum atomic E-state index is 0.0879. The first kappa shape index (κ1) is 11.6. The molecule has 0 saturated carbocycles. The third-order valence-electron chi connectivity index (χ3n) is 2.45. The second-order valence-electron chi connectivity index (χ2n) is 3.50. The molecule has 0 aromatic heterocycles. The van der Waals surface area contributed by atoms with E-state index >= 15 is 0 Å². The standard InChI is InChI=1S/C12H17NO2/c1-10(14)13(2)9-8-11-6-4-5-7-12(11)15-3/h4-7H,8-9H2,1-3H3. The van der Waals surface area contributed by atoms with Gasteiger partial charge in [-0.2, -0.15) is 0 Å². The number of likely N-dealkylation sites (N-methyl/N-ethyl adjacent to an activating group) is 1. The number of rotatable bonds is 4. The van der Waals surface area contributed by atoms with Gasteiger partial charge < -0.3 is 9.64 Å². The van der Waals surface area contributed by atoms with Gasteiger partial charge in [-0.05, 0) is 18.1 Å². The van der Waals surface area contributed by atoms with Gasteiger partial charge in [-0.15, -0.1) is 0 Å². The molecule has 0 radical (unpaired) electrons. The second kappa shape index (κ2) is 5.39. The average molecular weight is 207 g/mol. The summed E-state index contributed by atoms with van der Waals surface area (Å²) in [5, 5.41) is 0. The number of benzene rings is 1. The average Bonchev–Trinajstić information content (AvgIpc) is 2.26. The number of para-hydroxylation sites is 1. The van der Waals surface area contributed by atoms with Crippen LogP contribution in [0.1, 0.15) is 12.5 Å². The van der Waals surface area contributed by atoms with E-state index in [0.717, 1.165) is 24.3 Å². The van der Waals surface area contributed by atoms with Gasteiger partial charge in [-0.3, -0.25) is 4.79 Å². The van der Waals surface area contributed by atoms with Crippen LogP contribution in [0.2, 0.25) is 0 Å². The lowest BCUT2D eigenvalue weighted by Crippen LogP contribution is -2.26. The first-order valence-corrected chi connectivity index (χ1v) is 4.98. The molecule has 0 heterocycles. The van der Waals surface area contributed by atoms with E-state index in [1.54, 1.807) is 26.0 Å². The summed E-state index contributed by atoms with van der Waals surface area (Å²) in [7, 11) is 3.46. The van der Waals surface area contributed by atoms with E-state index < -0.39 is 0 Å². The van der Waals surface area contributed by atoms with E-state index in [1.165, 1.54) is 0 Å². The number of amides is 1. The van der Waals surface area contributed by atoms with Crippen LogP contribution >= 0.6 is 0 Å². The minimum absolute atomic E-state index is 0.0879. The second-order valence-corrected chi connectivity index (χ2v) is 3.50. The summed E-state index contributed by atoms with van der Waals surface area (Å²) in [5.41, 5.74) is 1.13. The molecule has 3 heteroatoms. The summed E-state index contributed by atoms with van der Waals surface area (Å²) in [5.74, 6) is 0.972. The smallest absolute Gasteiger partial charge is 0.219 e. The summed E-state index contributed by atoms with van der Waals surface area (Å²) < 4.78 is 5.23. The van der Waals surface area contributed by atoms with Crippen molar-refractivity contribution >= 4 is 5.91 Å². The quantitative estimate of drug-likeness (QED) is 0.752. The first-order valence-electron chi connectivity index (χ1n) is 4.98. The highest BCUT2D eigenvalue weighted by molar-refractivity contribution is 5.72. The summed E-state index contributed by atoms with van der Waals surface area (Å²) in [6, 6.07) is 7.87. The van der Waals surface area contributed by atoms with E-state index in [4.69, 9.17) is 4.74 Å². The molecular weight excluding hydrogens is 190 g/mol. The molecule has 1 aromatic rings. The number of carbonyl (C=O) groups is 1. The molecule has 0 fully saturated rings. The fourth-order valence-electron chi connectivity index (χ4n) is 1.36. The number of ether oxygens (including phenoxy) is 1. The van der Waals surface area contributed by atoms with Crippen LogP contribution in [0.3, 0.4) is 0 Å². The molecule has 0 spiro atoms. The Bertz CT molecular complexity index is 336. The normalized spacial score (nSPS) is 9.80. The Morgan fingerprint density at radius 1 is 1.40 bits per heavy atom. The fourth-order valence-corrected chi connectivity index (χ4v) is 1.36. The molecule has 0 saturated heterocycles. The number of carbonyl (C=O) groups excluding carboxylic acids is 1. The van der Waals surface area contributed by atoms with Crippen molar-refractivity contribution in [3.63, 3.8) is 0 Å². The zero-order valence-electron chi connectivity index (χ0n) is 9.49. The summed E-state index contributed by atoms with van der Waals surface area (Å²) in [6.07, 6.45) is 0.820. The molecule has 1 aromatic carbocycles. The van der Waals surface area contributed by atoms with E-state index in [2.05, 4.69) is 0 Å². The van der Waals surface area contributed by atoms with Crippen LogP contribution in [0.5, 0.6) is 5.75 Å². The van der Waals surface area contributed by atoms with E-state index in [1.807, 2.05) is 24.3 Å². The van der Waals surface area contributed by atoms with Crippen molar-refractivity contribution in [2.75, 3.05) is 20.7 Å². The monoisotopic (exact) mass is 207 g/mol. The molecular formula is C12H17NO2. The highest BCUT2D eigenvalue weighted by atomic mass is 16.5. The molecule has 1 rings (SSSR count). The lowest BCUT2D eigenvalue weighted by Gasteiger charge is -2.15. The Hall–Kier alpha value is -1.51. The Kier molecular flexibility index (Phi) is 4.16. The highest BCUT2D eigenvalue weighted by Gasteiger charge is 2.05. The number of methoxy groups -OCH3 is 1. The topological polar surface area (TPSA) is 29.5 Å². The van der Waals surface area contributed by atoms with Gasteiger partial charge in [0.05, 0.1) is 7.11 Å². The number of hydrogen-bond donors (Lipinski definition) is 0. The minimum Gasteiger partial charge on any atom is -0.496 e. The predicted octanol–water partition coefficient (Wildman–Crippen LogP) is 1.72. The molecule has 3 nitrogen and oxygen atoms in total. The highest BCUT2D eigenvalue weighted by Crippen LogP contribution is 2.17. The predicted molar refractivity (Wildman–Crippen MR) is 60.0 cm³/mol. The zero-order chi connectivity index (χ0) is 11.3. The van der Waals surface area contributed by atoms with Crippen molar-refractivity contribution in [3.05, 3.63) is 29.8 Å². The summed E-state index contributed by atoms with van der Waals surface area (Å²) in [4.78, 5) is 12.7. The third kappa shape index (κ3) is 3.27. The molecule has 15 heavy (non-hydrogen) atoms. The first-order chi connectivity index (χ1) is 7.15. The molecule has 0 N–H and O–H groups in total. The van der Waals surface area contributed by atoms with Gasteiger partial charge in [0.25, 0.3) is 0 Å². The van der Waals surface area contributed by atoms with Gasteiger partial charge in [-0.25, -0.2) is 0 Å². The van der Waals surface area contributed by atoms with Crippen molar-refractivity contribution in [2.45, 2.75) is 13.3 Å². The van der Waals surface area contributed by atoms with Gasteiger partial charge in [0.15, 0.2) is 0 Å².